The summed E-state index contributed by atoms with van der Waals surface area (Å²) in [5.74, 6) is -1.19. The maximum atomic E-state index is 14.5. The van der Waals surface area contributed by atoms with Crippen molar-refractivity contribution in [3.05, 3.63) is 34.6 Å². The normalized spacial score (nSPS) is 15.7. The summed E-state index contributed by atoms with van der Waals surface area (Å²) in [6, 6.07) is 0.692. The first-order valence-electron chi connectivity index (χ1n) is 10.1. The van der Waals surface area contributed by atoms with Crippen LogP contribution in [0.3, 0.4) is 0 Å². The van der Waals surface area contributed by atoms with Crippen molar-refractivity contribution in [1.82, 2.24) is 30.1 Å². The van der Waals surface area contributed by atoms with Crippen molar-refractivity contribution in [2.45, 2.75) is 46.3 Å². The lowest BCUT2D eigenvalue weighted by molar-refractivity contribution is -0.124. The Bertz CT molecular complexity index is 1000. The molecule has 2 aromatic rings. The lowest BCUT2D eigenvalue weighted by atomic mass is 9.86. The topological polar surface area (TPSA) is 92.1 Å². The van der Waals surface area contributed by atoms with Crippen LogP contribution in [0, 0.1) is 11.4 Å². The summed E-state index contributed by atoms with van der Waals surface area (Å²) in [5.41, 5.74) is 0.448. The van der Waals surface area contributed by atoms with Crippen LogP contribution in [-0.2, 0) is 17.9 Å². The maximum absolute atomic E-state index is 14.5. The number of carbonyl (C=O) groups is 2. The minimum atomic E-state index is -0.765. The zero-order chi connectivity index (χ0) is 22.9. The van der Waals surface area contributed by atoms with Crippen molar-refractivity contribution >= 4 is 23.4 Å². The van der Waals surface area contributed by atoms with E-state index in [9.17, 15) is 14.0 Å². The van der Waals surface area contributed by atoms with Crippen LogP contribution in [0.5, 0.6) is 0 Å². The van der Waals surface area contributed by atoms with E-state index in [-0.39, 0.29) is 22.2 Å². The summed E-state index contributed by atoms with van der Waals surface area (Å²) in [6.07, 6.45) is 2.04. The number of imidazole rings is 1. The molecule has 1 aliphatic heterocycles. The molecule has 8 nitrogen and oxygen atoms in total. The van der Waals surface area contributed by atoms with E-state index in [1.165, 1.54) is 19.3 Å². The number of carbonyl (C=O) groups excluding carboxylic acids is 2. The van der Waals surface area contributed by atoms with Gasteiger partial charge in [0.15, 0.2) is 5.69 Å². The first-order valence-corrected chi connectivity index (χ1v) is 10.5. The first-order chi connectivity index (χ1) is 14.5. The van der Waals surface area contributed by atoms with Gasteiger partial charge in [-0.25, -0.2) is 9.97 Å². The Morgan fingerprint density at radius 1 is 1.29 bits per heavy atom. The Morgan fingerprint density at radius 3 is 2.65 bits per heavy atom. The highest BCUT2D eigenvalue weighted by molar-refractivity contribution is 6.30. The number of aromatic nitrogens is 3. The van der Waals surface area contributed by atoms with Crippen LogP contribution in [0.25, 0.3) is 11.4 Å². The second-order valence-corrected chi connectivity index (χ2v) is 9.29. The third-order valence-corrected chi connectivity index (χ3v) is 5.53. The molecule has 0 fully saturated rings. The van der Waals surface area contributed by atoms with Gasteiger partial charge in [-0.1, -0.05) is 32.4 Å². The largest absolute Gasteiger partial charge is 0.357 e. The van der Waals surface area contributed by atoms with Crippen LogP contribution in [0.4, 0.5) is 4.39 Å². The molecule has 10 heteroatoms. The highest BCUT2D eigenvalue weighted by Crippen LogP contribution is 2.29. The molecular weight excluding hydrogens is 423 g/mol. The summed E-state index contributed by atoms with van der Waals surface area (Å²) in [6.45, 7) is 7.46. The van der Waals surface area contributed by atoms with Gasteiger partial charge < -0.3 is 20.1 Å². The average molecular weight is 451 g/mol. The van der Waals surface area contributed by atoms with Gasteiger partial charge in [-0.3, -0.25) is 9.59 Å². The van der Waals surface area contributed by atoms with Crippen molar-refractivity contribution in [3.8, 4) is 11.4 Å². The van der Waals surface area contributed by atoms with E-state index in [4.69, 9.17) is 11.6 Å². The molecule has 0 spiro atoms. The number of nitrogens with zero attached hydrogens (tertiary/aromatic N) is 4. The molecule has 0 bridgehead atoms. The number of halogens is 2. The molecule has 3 rings (SSSR count). The third-order valence-electron chi connectivity index (χ3n) is 5.33. The van der Waals surface area contributed by atoms with E-state index in [0.717, 1.165) is 13.0 Å². The number of fused-ring (bicyclic) bond motifs is 1. The van der Waals surface area contributed by atoms with Gasteiger partial charge in [0.25, 0.3) is 5.91 Å². The molecule has 1 unspecified atom stereocenters. The van der Waals surface area contributed by atoms with E-state index in [2.05, 4.69) is 25.5 Å². The molecule has 0 aliphatic carbocycles. The molecular formula is C21H28ClFN6O2. The van der Waals surface area contributed by atoms with Gasteiger partial charge in [0, 0.05) is 26.3 Å². The summed E-state index contributed by atoms with van der Waals surface area (Å²) in [5, 5.41) is 5.69. The minimum absolute atomic E-state index is 0.135. The molecule has 0 saturated heterocycles. The minimum Gasteiger partial charge on any atom is -0.357 e. The van der Waals surface area contributed by atoms with Crippen LogP contribution < -0.4 is 10.6 Å². The second-order valence-electron chi connectivity index (χ2n) is 8.85. The van der Waals surface area contributed by atoms with Crippen LogP contribution >= 0.6 is 11.6 Å². The zero-order valence-electron chi connectivity index (χ0n) is 18.4. The summed E-state index contributed by atoms with van der Waals surface area (Å²) < 4.78 is 16.4. The molecule has 2 aromatic heterocycles. The smallest absolute Gasteiger partial charge is 0.272 e. The van der Waals surface area contributed by atoms with Gasteiger partial charge in [0.1, 0.15) is 11.9 Å². The molecule has 3 heterocycles. The lowest BCUT2D eigenvalue weighted by Gasteiger charge is -2.29. The molecule has 0 aromatic carbocycles. The van der Waals surface area contributed by atoms with E-state index < -0.39 is 23.3 Å². The van der Waals surface area contributed by atoms with E-state index >= 15 is 0 Å². The fourth-order valence-corrected chi connectivity index (χ4v) is 3.86. The van der Waals surface area contributed by atoms with Crippen LogP contribution in [0.15, 0.2) is 12.3 Å². The van der Waals surface area contributed by atoms with Crippen molar-refractivity contribution in [2.75, 3.05) is 20.6 Å². The van der Waals surface area contributed by atoms with Gasteiger partial charge in [0.2, 0.25) is 11.9 Å². The molecule has 1 aliphatic rings. The highest BCUT2D eigenvalue weighted by Gasteiger charge is 2.35. The van der Waals surface area contributed by atoms with Crippen molar-refractivity contribution < 1.29 is 14.0 Å². The van der Waals surface area contributed by atoms with Gasteiger partial charge in [-0.2, -0.15) is 4.39 Å². The summed E-state index contributed by atoms with van der Waals surface area (Å²) in [7, 11) is 3.48. The highest BCUT2D eigenvalue weighted by atomic mass is 35.5. The average Bonchev–Trinajstić information content (AvgIpc) is 2.92. The monoisotopic (exact) mass is 450 g/mol. The van der Waals surface area contributed by atoms with Gasteiger partial charge >= 0.3 is 0 Å². The van der Waals surface area contributed by atoms with Gasteiger partial charge in [-0.05, 0) is 31.5 Å². The number of hydrogen-bond donors (Lipinski definition) is 2. The Balaban J connectivity index is 2.10. The second kappa shape index (κ2) is 8.92. The number of hydrogen-bond acceptors (Lipinski definition) is 5. The summed E-state index contributed by atoms with van der Waals surface area (Å²) >= 11 is 6.05. The van der Waals surface area contributed by atoms with E-state index in [0.29, 0.717) is 24.6 Å². The molecule has 31 heavy (non-hydrogen) atoms. The Hall–Kier alpha value is -2.52. The SMILES string of the molecule is CNC(=O)C(NC(=O)c1nc(-c2cc(Cl)cnc2F)n2c1CN(C)CCC2)C(C)(C)C. The van der Waals surface area contributed by atoms with Gasteiger partial charge in [-0.15, -0.1) is 0 Å². The molecule has 0 saturated carbocycles. The Kier molecular flexibility index (Phi) is 6.66. The van der Waals surface area contributed by atoms with Crippen LogP contribution in [-0.4, -0.2) is 57.9 Å². The maximum Gasteiger partial charge on any atom is 0.272 e. The van der Waals surface area contributed by atoms with Gasteiger partial charge in [0.05, 0.1) is 16.3 Å². The van der Waals surface area contributed by atoms with Crippen LogP contribution in [0.2, 0.25) is 5.02 Å². The number of rotatable bonds is 4. The molecule has 0 radical (unpaired) electrons. The first kappa shape index (κ1) is 23.1. The fourth-order valence-electron chi connectivity index (χ4n) is 3.71. The molecule has 1 atom stereocenters. The molecule has 168 valence electrons. The number of pyridine rings is 1. The van der Waals surface area contributed by atoms with E-state index in [1.807, 2.05) is 32.4 Å². The predicted molar refractivity (Wildman–Crippen MR) is 116 cm³/mol. The van der Waals surface area contributed by atoms with Crippen molar-refractivity contribution in [3.63, 3.8) is 0 Å². The number of amides is 2. The summed E-state index contributed by atoms with van der Waals surface area (Å²) in [4.78, 5) is 36.0. The van der Waals surface area contributed by atoms with Crippen molar-refractivity contribution in [1.29, 1.82) is 0 Å². The van der Waals surface area contributed by atoms with Crippen LogP contribution in [0.1, 0.15) is 43.4 Å². The lowest BCUT2D eigenvalue weighted by Crippen LogP contribution is -2.53. The molecule has 2 amide bonds. The van der Waals surface area contributed by atoms with Crippen molar-refractivity contribution in [2.24, 2.45) is 5.41 Å². The standard InChI is InChI=1S/C21H28ClFN6O2/c1-21(2,3)16(20(31)24-4)27-19(30)15-14-11-28(5)7-6-8-29(14)18(26-15)13-9-12(22)10-25-17(13)23/h9-10,16H,6-8,11H2,1-5H3,(H,24,31)(H,27,30). The third kappa shape index (κ3) is 4.88. The van der Waals surface area contributed by atoms with E-state index in [1.54, 1.807) is 0 Å². The number of nitrogens with one attached hydrogen (secondary N) is 2. The zero-order valence-corrected chi connectivity index (χ0v) is 19.2. The predicted octanol–water partition coefficient (Wildman–Crippen LogP) is 2.46. The Morgan fingerprint density at radius 2 is 2.00 bits per heavy atom. The quantitative estimate of drug-likeness (QED) is 0.698. The molecule has 2 N–H and O–H groups in total. The Labute approximate surface area is 186 Å². The number of likely N-dealkylation sites (N-methyl/N-ethyl adjacent to an activating group) is 1. The fraction of sp³-hybridized carbons (Fsp3) is 0.524.